The molecule has 0 radical (unpaired) electrons. The van der Waals surface area contributed by atoms with Crippen LogP contribution in [0.3, 0.4) is 0 Å². The molecule has 2 nitrogen and oxygen atoms in total. The SMILES string of the molecule is CC(C)[C@@H]1COC(c2ccc(F)cc2F)=N1. The molecule has 0 amide bonds. The molecule has 1 aromatic rings. The van der Waals surface area contributed by atoms with Gasteiger partial charge < -0.3 is 4.74 Å². The van der Waals surface area contributed by atoms with Gasteiger partial charge in [-0.3, -0.25) is 0 Å². The molecule has 0 saturated carbocycles. The van der Waals surface area contributed by atoms with Crippen molar-refractivity contribution in [3.63, 3.8) is 0 Å². The highest BCUT2D eigenvalue weighted by Crippen LogP contribution is 2.19. The van der Waals surface area contributed by atoms with Crippen LogP contribution >= 0.6 is 0 Å². The third-order valence-corrected chi connectivity index (χ3v) is 2.60. The molecule has 86 valence electrons. The molecule has 2 rings (SSSR count). The van der Waals surface area contributed by atoms with E-state index >= 15 is 0 Å². The summed E-state index contributed by atoms with van der Waals surface area (Å²) in [5.41, 5.74) is 0.226. The Morgan fingerprint density at radius 3 is 2.69 bits per heavy atom. The third kappa shape index (κ3) is 2.05. The maximum Gasteiger partial charge on any atom is 0.219 e. The van der Waals surface area contributed by atoms with Crippen molar-refractivity contribution in [3.8, 4) is 0 Å². The van der Waals surface area contributed by atoms with Gasteiger partial charge in [0.2, 0.25) is 5.90 Å². The van der Waals surface area contributed by atoms with Gasteiger partial charge in [0.1, 0.15) is 18.2 Å². The van der Waals surface area contributed by atoms with E-state index in [9.17, 15) is 8.78 Å². The van der Waals surface area contributed by atoms with Gasteiger partial charge in [-0.25, -0.2) is 13.8 Å². The summed E-state index contributed by atoms with van der Waals surface area (Å²) in [5.74, 6) is -0.611. The summed E-state index contributed by atoms with van der Waals surface area (Å²) in [5, 5.41) is 0. The zero-order valence-corrected chi connectivity index (χ0v) is 9.21. The van der Waals surface area contributed by atoms with Gasteiger partial charge in [0.15, 0.2) is 0 Å². The van der Waals surface area contributed by atoms with Crippen molar-refractivity contribution in [3.05, 3.63) is 35.4 Å². The second-order valence-corrected chi connectivity index (χ2v) is 4.18. The number of benzene rings is 1. The Hall–Kier alpha value is -1.45. The standard InChI is InChI=1S/C12H13F2NO/c1-7(2)11-6-16-12(15-11)9-4-3-8(13)5-10(9)14/h3-5,7,11H,6H2,1-2H3/t11-/m0/s1. The number of rotatable bonds is 2. The zero-order chi connectivity index (χ0) is 11.7. The van der Waals surface area contributed by atoms with E-state index in [1.165, 1.54) is 12.1 Å². The summed E-state index contributed by atoms with van der Waals surface area (Å²) in [7, 11) is 0. The highest BCUT2D eigenvalue weighted by atomic mass is 19.1. The number of hydrogen-bond acceptors (Lipinski definition) is 2. The second kappa shape index (κ2) is 4.20. The van der Waals surface area contributed by atoms with Gasteiger partial charge in [-0.2, -0.15) is 0 Å². The number of nitrogens with zero attached hydrogens (tertiary/aromatic N) is 1. The quantitative estimate of drug-likeness (QED) is 0.758. The summed E-state index contributed by atoms with van der Waals surface area (Å²) >= 11 is 0. The van der Waals surface area contributed by atoms with Crippen molar-refractivity contribution in [1.82, 2.24) is 0 Å². The van der Waals surface area contributed by atoms with Crippen LogP contribution in [-0.2, 0) is 4.74 Å². The largest absolute Gasteiger partial charge is 0.475 e. The molecule has 1 aliphatic heterocycles. The molecular weight excluding hydrogens is 212 g/mol. The fraction of sp³-hybridized carbons (Fsp3) is 0.417. The molecule has 0 aromatic heterocycles. The van der Waals surface area contributed by atoms with Gasteiger partial charge in [-0.05, 0) is 18.1 Å². The summed E-state index contributed by atoms with van der Waals surface area (Å²) in [6.07, 6.45) is 0. The Bertz CT molecular complexity index is 429. The molecule has 0 unspecified atom stereocenters. The van der Waals surface area contributed by atoms with E-state index in [2.05, 4.69) is 4.99 Å². The number of hydrogen-bond donors (Lipinski definition) is 0. The first-order chi connectivity index (χ1) is 7.58. The molecule has 0 N–H and O–H groups in total. The lowest BCUT2D eigenvalue weighted by molar-refractivity contribution is 0.291. The Balaban J connectivity index is 2.29. The monoisotopic (exact) mass is 225 g/mol. The van der Waals surface area contributed by atoms with Crippen LogP contribution in [0.15, 0.2) is 23.2 Å². The molecule has 1 aliphatic rings. The van der Waals surface area contributed by atoms with Crippen LogP contribution in [0.25, 0.3) is 0 Å². The van der Waals surface area contributed by atoms with E-state index < -0.39 is 11.6 Å². The Morgan fingerprint density at radius 2 is 2.12 bits per heavy atom. The number of aliphatic imine (C=N–C) groups is 1. The van der Waals surface area contributed by atoms with Crippen LogP contribution in [-0.4, -0.2) is 18.5 Å². The Labute approximate surface area is 93.0 Å². The molecule has 1 heterocycles. The fourth-order valence-corrected chi connectivity index (χ4v) is 1.54. The summed E-state index contributed by atoms with van der Waals surface area (Å²) in [6, 6.07) is 3.45. The lowest BCUT2D eigenvalue weighted by Crippen LogP contribution is -2.13. The normalized spacial score (nSPS) is 19.8. The van der Waals surface area contributed by atoms with Gasteiger partial charge in [-0.1, -0.05) is 13.8 Å². The zero-order valence-electron chi connectivity index (χ0n) is 9.21. The molecule has 0 saturated heterocycles. The van der Waals surface area contributed by atoms with Crippen LogP contribution in [0.4, 0.5) is 8.78 Å². The predicted octanol–water partition coefficient (Wildman–Crippen LogP) is 2.77. The van der Waals surface area contributed by atoms with Crippen molar-refractivity contribution in [2.75, 3.05) is 6.61 Å². The van der Waals surface area contributed by atoms with Crippen LogP contribution in [0.2, 0.25) is 0 Å². The average molecular weight is 225 g/mol. The minimum absolute atomic E-state index is 0.0550. The number of halogens is 2. The minimum Gasteiger partial charge on any atom is -0.475 e. The fourth-order valence-electron chi connectivity index (χ4n) is 1.54. The van der Waals surface area contributed by atoms with Gasteiger partial charge >= 0.3 is 0 Å². The van der Waals surface area contributed by atoms with Crippen molar-refractivity contribution < 1.29 is 13.5 Å². The highest BCUT2D eigenvalue weighted by molar-refractivity contribution is 5.95. The molecule has 0 bridgehead atoms. The van der Waals surface area contributed by atoms with Crippen LogP contribution in [0, 0.1) is 17.6 Å². The van der Waals surface area contributed by atoms with Crippen molar-refractivity contribution >= 4 is 5.90 Å². The minimum atomic E-state index is -0.636. The van der Waals surface area contributed by atoms with Crippen molar-refractivity contribution in [1.29, 1.82) is 0 Å². The van der Waals surface area contributed by atoms with Crippen molar-refractivity contribution in [2.24, 2.45) is 10.9 Å². The summed E-state index contributed by atoms with van der Waals surface area (Å²) < 4.78 is 31.5. The van der Waals surface area contributed by atoms with Gasteiger partial charge in [0.05, 0.1) is 11.6 Å². The number of ether oxygens (including phenoxy) is 1. The van der Waals surface area contributed by atoms with Crippen molar-refractivity contribution in [2.45, 2.75) is 19.9 Å². The Morgan fingerprint density at radius 1 is 1.38 bits per heavy atom. The topological polar surface area (TPSA) is 21.6 Å². The van der Waals surface area contributed by atoms with E-state index in [-0.39, 0.29) is 17.5 Å². The highest BCUT2D eigenvalue weighted by Gasteiger charge is 2.24. The van der Waals surface area contributed by atoms with Crippen LogP contribution in [0.5, 0.6) is 0 Å². The maximum atomic E-state index is 13.4. The molecule has 1 atom stereocenters. The second-order valence-electron chi connectivity index (χ2n) is 4.18. The van der Waals surface area contributed by atoms with Gasteiger partial charge in [0.25, 0.3) is 0 Å². The molecule has 0 aliphatic carbocycles. The van der Waals surface area contributed by atoms with E-state index in [1.54, 1.807) is 0 Å². The smallest absolute Gasteiger partial charge is 0.219 e. The maximum absolute atomic E-state index is 13.4. The van der Waals surface area contributed by atoms with Crippen LogP contribution < -0.4 is 0 Å². The van der Waals surface area contributed by atoms with E-state index in [4.69, 9.17) is 4.74 Å². The Kier molecular flexibility index (Phi) is 2.90. The average Bonchev–Trinajstić information content (AvgIpc) is 2.66. The molecule has 0 spiro atoms. The molecule has 1 aromatic carbocycles. The molecule has 16 heavy (non-hydrogen) atoms. The molecule has 0 fully saturated rings. The van der Waals surface area contributed by atoms with E-state index in [1.807, 2.05) is 13.8 Å². The van der Waals surface area contributed by atoms with Crippen LogP contribution in [0.1, 0.15) is 19.4 Å². The predicted molar refractivity (Wildman–Crippen MR) is 57.5 cm³/mol. The first-order valence-electron chi connectivity index (χ1n) is 5.24. The lowest BCUT2D eigenvalue weighted by atomic mass is 10.1. The first-order valence-corrected chi connectivity index (χ1v) is 5.24. The van der Waals surface area contributed by atoms with Gasteiger partial charge in [-0.15, -0.1) is 0 Å². The first kappa shape index (κ1) is 11.0. The van der Waals surface area contributed by atoms with Gasteiger partial charge in [0, 0.05) is 6.07 Å². The lowest BCUT2D eigenvalue weighted by Gasteiger charge is -2.06. The molecule has 4 heteroatoms. The van der Waals surface area contributed by atoms with E-state index in [0.29, 0.717) is 12.5 Å². The third-order valence-electron chi connectivity index (χ3n) is 2.60. The summed E-state index contributed by atoms with van der Waals surface area (Å²) in [4.78, 5) is 4.28. The summed E-state index contributed by atoms with van der Waals surface area (Å²) in [6.45, 7) is 4.52. The molecular formula is C12H13F2NO. The van der Waals surface area contributed by atoms with E-state index in [0.717, 1.165) is 6.07 Å².